The summed E-state index contributed by atoms with van der Waals surface area (Å²) >= 11 is 0. The van der Waals surface area contributed by atoms with E-state index in [1.165, 1.54) is 5.56 Å². The first kappa shape index (κ1) is 14.6. The second kappa shape index (κ2) is 6.58. The monoisotopic (exact) mass is 269 g/mol. The predicted molar refractivity (Wildman–Crippen MR) is 84.3 cm³/mol. The second-order valence-electron chi connectivity index (χ2n) is 5.31. The molecule has 0 radical (unpaired) electrons. The van der Waals surface area contributed by atoms with Gasteiger partial charge in [0.2, 0.25) is 0 Å². The Morgan fingerprint density at radius 3 is 2.25 bits per heavy atom. The number of para-hydroxylation sites is 1. The maximum Gasteiger partial charge on any atom is 0.132 e. The molecule has 0 saturated heterocycles. The van der Waals surface area contributed by atoms with E-state index in [1.807, 2.05) is 43.3 Å². The summed E-state index contributed by atoms with van der Waals surface area (Å²) in [5.74, 6) is 2.27. The third-order valence-corrected chi connectivity index (χ3v) is 3.70. The van der Waals surface area contributed by atoms with Crippen LogP contribution in [0.25, 0.3) is 0 Å². The van der Waals surface area contributed by atoms with E-state index in [0.29, 0.717) is 5.92 Å². The van der Waals surface area contributed by atoms with Gasteiger partial charge in [-0.05, 0) is 43.0 Å². The van der Waals surface area contributed by atoms with E-state index in [4.69, 9.17) is 10.5 Å². The van der Waals surface area contributed by atoms with Crippen molar-refractivity contribution in [1.82, 2.24) is 0 Å². The summed E-state index contributed by atoms with van der Waals surface area (Å²) in [6.45, 7) is 6.41. The van der Waals surface area contributed by atoms with E-state index >= 15 is 0 Å². The summed E-state index contributed by atoms with van der Waals surface area (Å²) in [7, 11) is 0. The highest BCUT2D eigenvalue weighted by atomic mass is 16.5. The van der Waals surface area contributed by atoms with Crippen LogP contribution in [-0.2, 0) is 0 Å². The van der Waals surface area contributed by atoms with Gasteiger partial charge in [-0.2, -0.15) is 0 Å². The van der Waals surface area contributed by atoms with Gasteiger partial charge in [-0.3, -0.25) is 0 Å². The molecule has 20 heavy (non-hydrogen) atoms. The summed E-state index contributed by atoms with van der Waals surface area (Å²) < 4.78 is 5.96. The van der Waals surface area contributed by atoms with Crippen molar-refractivity contribution < 1.29 is 4.74 Å². The Hall–Kier alpha value is -1.80. The number of nitrogens with two attached hydrogens (primary N) is 1. The molecule has 106 valence electrons. The normalized spacial score (nSPS) is 13.8. The van der Waals surface area contributed by atoms with Crippen molar-refractivity contribution >= 4 is 0 Å². The fourth-order valence-electron chi connectivity index (χ4n) is 2.18. The van der Waals surface area contributed by atoms with Crippen LogP contribution in [0.1, 0.15) is 50.3 Å². The van der Waals surface area contributed by atoms with E-state index < -0.39 is 0 Å². The zero-order chi connectivity index (χ0) is 14.5. The maximum atomic E-state index is 5.97. The minimum Gasteiger partial charge on any atom is -0.457 e. The van der Waals surface area contributed by atoms with Gasteiger partial charge < -0.3 is 10.5 Å². The zero-order valence-electron chi connectivity index (χ0n) is 12.5. The quantitative estimate of drug-likeness (QED) is 0.827. The van der Waals surface area contributed by atoms with E-state index in [0.717, 1.165) is 23.5 Å². The van der Waals surface area contributed by atoms with Gasteiger partial charge in [0, 0.05) is 11.6 Å². The SMILES string of the molecule is CCC(C)c1ccc(Oc2ccccc2[C@@H](C)N)cc1. The molecule has 2 heteroatoms. The molecule has 0 heterocycles. The summed E-state index contributed by atoms with van der Waals surface area (Å²) in [4.78, 5) is 0. The maximum absolute atomic E-state index is 5.97. The van der Waals surface area contributed by atoms with Crippen molar-refractivity contribution in [2.75, 3.05) is 0 Å². The Labute approximate surface area is 121 Å². The predicted octanol–water partition coefficient (Wildman–Crippen LogP) is 5.01. The summed E-state index contributed by atoms with van der Waals surface area (Å²) in [6.07, 6.45) is 1.15. The number of benzene rings is 2. The van der Waals surface area contributed by atoms with Gasteiger partial charge in [0.15, 0.2) is 0 Å². The molecule has 2 nitrogen and oxygen atoms in total. The molecular formula is C18H23NO. The Kier molecular flexibility index (Phi) is 4.80. The van der Waals surface area contributed by atoms with Gasteiger partial charge >= 0.3 is 0 Å². The highest BCUT2D eigenvalue weighted by Gasteiger charge is 2.08. The van der Waals surface area contributed by atoms with Crippen LogP contribution in [0.5, 0.6) is 11.5 Å². The van der Waals surface area contributed by atoms with Crippen LogP contribution in [-0.4, -0.2) is 0 Å². The van der Waals surface area contributed by atoms with Gasteiger partial charge in [0.05, 0.1) is 0 Å². The van der Waals surface area contributed by atoms with E-state index in [9.17, 15) is 0 Å². The molecule has 0 saturated carbocycles. The first-order chi connectivity index (χ1) is 9.61. The van der Waals surface area contributed by atoms with Crippen LogP contribution < -0.4 is 10.5 Å². The van der Waals surface area contributed by atoms with E-state index in [2.05, 4.69) is 26.0 Å². The molecule has 0 amide bonds. The van der Waals surface area contributed by atoms with Crippen LogP contribution in [0.2, 0.25) is 0 Å². The number of ether oxygens (including phenoxy) is 1. The van der Waals surface area contributed by atoms with Gasteiger partial charge in [0.1, 0.15) is 11.5 Å². The first-order valence-electron chi connectivity index (χ1n) is 7.24. The average Bonchev–Trinajstić information content (AvgIpc) is 2.47. The Bertz CT molecular complexity index is 546. The van der Waals surface area contributed by atoms with Gasteiger partial charge in [0.25, 0.3) is 0 Å². The van der Waals surface area contributed by atoms with Crippen molar-refractivity contribution in [3.05, 3.63) is 59.7 Å². The topological polar surface area (TPSA) is 35.2 Å². The average molecular weight is 269 g/mol. The highest BCUT2D eigenvalue weighted by molar-refractivity contribution is 5.40. The van der Waals surface area contributed by atoms with Gasteiger partial charge in [-0.25, -0.2) is 0 Å². The van der Waals surface area contributed by atoms with Crippen LogP contribution >= 0.6 is 0 Å². The molecule has 0 aliphatic heterocycles. The number of hydrogen-bond donors (Lipinski definition) is 1. The standard InChI is InChI=1S/C18H23NO/c1-4-13(2)15-9-11-16(12-10-15)20-18-8-6-5-7-17(18)14(3)19/h5-14H,4,19H2,1-3H3/t13?,14-/m1/s1. The lowest BCUT2D eigenvalue weighted by atomic mass is 9.99. The Morgan fingerprint density at radius 2 is 1.65 bits per heavy atom. The third-order valence-electron chi connectivity index (χ3n) is 3.70. The van der Waals surface area contributed by atoms with Crippen LogP contribution in [0.4, 0.5) is 0 Å². The number of hydrogen-bond acceptors (Lipinski definition) is 2. The molecular weight excluding hydrogens is 246 g/mol. The largest absolute Gasteiger partial charge is 0.457 e. The van der Waals surface area contributed by atoms with Crippen LogP contribution in [0, 0.1) is 0 Å². The fourth-order valence-corrected chi connectivity index (χ4v) is 2.18. The van der Waals surface area contributed by atoms with Crippen molar-refractivity contribution in [3.8, 4) is 11.5 Å². The lowest BCUT2D eigenvalue weighted by Crippen LogP contribution is -2.06. The molecule has 0 fully saturated rings. The molecule has 0 bridgehead atoms. The Balaban J connectivity index is 2.18. The molecule has 2 rings (SSSR count). The minimum absolute atomic E-state index is 0.0365. The van der Waals surface area contributed by atoms with Gasteiger partial charge in [-0.15, -0.1) is 0 Å². The smallest absolute Gasteiger partial charge is 0.132 e. The molecule has 2 aromatic carbocycles. The van der Waals surface area contributed by atoms with Crippen molar-refractivity contribution in [3.63, 3.8) is 0 Å². The molecule has 0 aromatic heterocycles. The second-order valence-corrected chi connectivity index (χ2v) is 5.31. The molecule has 2 N–H and O–H groups in total. The van der Waals surface area contributed by atoms with Crippen LogP contribution in [0.15, 0.2) is 48.5 Å². The number of rotatable bonds is 5. The molecule has 1 unspecified atom stereocenters. The molecule has 2 aromatic rings. The lowest BCUT2D eigenvalue weighted by Gasteiger charge is -2.14. The first-order valence-corrected chi connectivity index (χ1v) is 7.24. The fraction of sp³-hybridized carbons (Fsp3) is 0.333. The highest BCUT2D eigenvalue weighted by Crippen LogP contribution is 2.29. The van der Waals surface area contributed by atoms with Crippen LogP contribution in [0.3, 0.4) is 0 Å². The Morgan fingerprint density at radius 1 is 1.00 bits per heavy atom. The van der Waals surface area contributed by atoms with Crippen molar-refractivity contribution in [1.29, 1.82) is 0 Å². The molecule has 0 aliphatic rings. The van der Waals surface area contributed by atoms with E-state index in [1.54, 1.807) is 0 Å². The van der Waals surface area contributed by atoms with Crippen molar-refractivity contribution in [2.45, 2.75) is 39.2 Å². The molecule has 0 aliphatic carbocycles. The zero-order valence-corrected chi connectivity index (χ0v) is 12.5. The minimum atomic E-state index is -0.0365. The molecule has 0 spiro atoms. The summed E-state index contributed by atoms with van der Waals surface area (Å²) in [5, 5.41) is 0. The van der Waals surface area contributed by atoms with E-state index in [-0.39, 0.29) is 6.04 Å². The lowest BCUT2D eigenvalue weighted by molar-refractivity contribution is 0.471. The molecule has 2 atom stereocenters. The third kappa shape index (κ3) is 3.40. The summed E-state index contributed by atoms with van der Waals surface area (Å²) in [5.41, 5.74) is 8.34. The van der Waals surface area contributed by atoms with Crippen molar-refractivity contribution in [2.24, 2.45) is 5.73 Å². The van der Waals surface area contributed by atoms with Gasteiger partial charge in [-0.1, -0.05) is 44.2 Å². The summed E-state index contributed by atoms with van der Waals surface area (Å²) in [6, 6.07) is 16.2.